The van der Waals surface area contributed by atoms with Crippen LogP contribution in [0.5, 0.6) is 0 Å². The summed E-state index contributed by atoms with van der Waals surface area (Å²) in [5.74, 6) is -3.82. The first kappa shape index (κ1) is 24.5. The first-order valence-corrected chi connectivity index (χ1v) is 10.9. The lowest BCUT2D eigenvalue weighted by atomic mass is 9.97. The minimum atomic E-state index is -3.36. The lowest BCUT2D eigenvalue weighted by Crippen LogP contribution is -2.35. The zero-order valence-electron chi connectivity index (χ0n) is 17.2. The van der Waals surface area contributed by atoms with E-state index in [1.165, 1.54) is 6.07 Å². The van der Waals surface area contributed by atoms with Crippen LogP contribution < -0.4 is 11.0 Å². The number of halogens is 2. The summed E-state index contributed by atoms with van der Waals surface area (Å²) in [7, 11) is -1.26. The second-order valence-electron chi connectivity index (χ2n) is 7.04. The minimum Gasteiger partial charge on any atom is -0.346 e. The molecule has 0 saturated carbocycles. The number of carbonyl (C=O) groups excluding carboxylic acids is 1. The highest BCUT2D eigenvalue weighted by Crippen LogP contribution is 2.42. The molecule has 0 spiro atoms. The smallest absolute Gasteiger partial charge is 0.346 e. The predicted octanol–water partition coefficient (Wildman–Crippen LogP) is 3.64. The second kappa shape index (κ2) is 11.0. The summed E-state index contributed by atoms with van der Waals surface area (Å²) < 4.78 is 55.0. The van der Waals surface area contributed by atoms with Gasteiger partial charge in [-0.1, -0.05) is 26.7 Å². The van der Waals surface area contributed by atoms with Crippen molar-refractivity contribution in [3.8, 4) is 0 Å². The Bertz CT molecular complexity index is 800. The van der Waals surface area contributed by atoms with Gasteiger partial charge in [-0.05, 0) is 18.9 Å². The number of ether oxygens (including phenoxy) is 1. The Morgan fingerprint density at radius 2 is 2.10 bits per heavy atom. The molecule has 30 heavy (non-hydrogen) atoms. The zero-order valence-corrected chi connectivity index (χ0v) is 18.1. The minimum absolute atomic E-state index is 0.00301. The number of hydrogen-bond donors (Lipinski definition) is 1. The third-order valence-electron chi connectivity index (χ3n) is 4.68. The maximum atomic E-state index is 14.4. The SMILES string of the molecule is CCCC(CCC)C(=O)Nc1ccn([C@@H]2O[C@H](CO[P+](=O)OC)CC2(F)F)c(=O)n1. The van der Waals surface area contributed by atoms with Crippen molar-refractivity contribution in [1.29, 1.82) is 0 Å². The van der Waals surface area contributed by atoms with E-state index >= 15 is 0 Å². The lowest BCUT2D eigenvalue weighted by molar-refractivity contribution is -0.120. The number of amides is 1. The van der Waals surface area contributed by atoms with E-state index in [2.05, 4.69) is 14.8 Å². The zero-order chi connectivity index (χ0) is 22.3. The summed E-state index contributed by atoms with van der Waals surface area (Å²) in [6.07, 6.45) is 0.518. The highest BCUT2D eigenvalue weighted by atomic mass is 31.1. The lowest BCUT2D eigenvalue weighted by Gasteiger charge is -2.20. The van der Waals surface area contributed by atoms with Crippen LogP contribution in [0.1, 0.15) is 52.2 Å². The van der Waals surface area contributed by atoms with Crippen LogP contribution in [-0.4, -0.2) is 41.2 Å². The van der Waals surface area contributed by atoms with Crippen LogP contribution in [0, 0.1) is 5.92 Å². The molecule has 1 aromatic rings. The largest absolute Gasteiger partial charge is 0.697 e. The number of nitrogens with one attached hydrogen (secondary N) is 1. The number of alkyl halides is 2. The maximum absolute atomic E-state index is 14.4. The number of anilines is 1. The van der Waals surface area contributed by atoms with E-state index in [-0.39, 0.29) is 24.2 Å². The molecule has 2 heterocycles. The first-order valence-electron chi connectivity index (χ1n) is 9.79. The van der Waals surface area contributed by atoms with Crippen molar-refractivity contribution in [3.63, 3.8) is 0 Å². The molecule has 2 rings (SSSR count). The van der Waals surface area contributed by atoms with Crippen LogP contribution in [0.4, 0.5) is 14.6 Å². The van der Waals surface area contributed by atoms with Crippen LogP contribution in [0.3, 0.4) is 0 Å². The van der Waals surface area contributed by atoms with E-state index in [1.54, 1.807) is 0 Å². The third kappa shape index (κ3) is 6.34. The molecule has 1 aromatic heterocycles. The van der Waals surface area contributed by atoms with E-state index in [0.717, 1.165) is 26.1 Å². The molecule has 1 fully saturated rings. The molecule has 1 unspecified atom stereocenters. The molecule has 1 N–H and O–H groups in total. The summed E-state index contributed by atoms with van der Waals surface area (Å²) in [4.78, 5) is 28.4. The van der Waals surface area contributed by atoms with Gasteiger partial charge in [0, 0.05) is 23.1 Å². The summed E-state index contributed by atoms with van der Waals surface area (Å²) in [6.45, 7) is 3.58. The van der Waals surface area contributed by atoms with Crippen LogP contribution in [-0.2, 0) is 23.1 Å². The van der Waals surface area contributed by atoms with Crippen LogP contribution in [0.15, 0.2) is 17.1 Å². The molecule has 9 nitrogen and oxygen atoms in total. The molecule has 1 aliphatic rings. The van der Waals surface area contributed by atoms with Gasteiger partial charge in [-0.15, -0.1) is 9.05 Å². The highest BCUT2D eigenvalue weighted by molar-refractivity contribution is 7.33. The molecule has 1 amide bonds. The predicted molar refractivity (Wildman–Crippen MR) is 104 cm³/mol. The van der Waals surface area contributed by atoms with Gasteiger partial charge >= 0.3 is 13.9 Å². The summed E-state index contributed by atoms with van der Waals surface area (Å²) in [6, 6.07) is 1.28. The van der Waals surface area contributed by atoms with Crippen molar-refractivity contribution in [3.05, 3.63) is 22.7 Å². The van der Waals surface area contributed by atoms with Gasteiger partial charge in [0.25, 0.3) is 5.92 Å². The normalized spacial score (nSPS) is 21.1. The van der Waals surface area contributed by atoms with E-state index < -0.39 is 38.6 Å². The molecule has 1 saturated heterocycles. The van der Waals surface area contributed by atoms with E-state index in [9.17, 15) is 22.9 Å². The van der Waals surface area contributed by atoms with Gasteiger partial charge in [0.15, 0.2) is 0 Å². The molecule has 1 aliphatic heterocycles. The number of hydrogen-bond acceptors (Lipinski definition) is 7. The molecular formula is C18H27F2N3O6P+. The Morgan fingerprint density at radius 3 is 2.67 bits per heavy atom. The molecular weight excluding hydrogens is 423 g/mol. The van der Waals surface area contributed by atoms with Crippen LogP contribution in [0.2, 0.25) is 0 Å². The molecule has 168 valence electrons. The summed E-state index contributed by atoms with van der Waals surface area (Å²) in [5, 5.41) is 2.58. The molecule has 0 bridgehead atoms. The van der Waals surface area contributed by atoms with Gasteiger partial charge in [0.1, 0.15) is 12.4 Å². The Balaban J connectivity index is 2.09. The van der Waals surface area contributed by atoms with Gasteiger partial charge in [-0.3, -0.25) is 9.36 Å². The molecule has 0 radical (unpaired) electrons. The van der Waals surface area contributed by atoms with Gasteiger partial charge in [-0.2, -0.15) is 4.98 Å². The Labute approximate surface area is 174 Å². The van der Waals surface area contributed by atoms with Crippen LogP contribution in [0.25, 0.3) is 0 Å². The molecule has 0 aromatic carbocycles. The van der Waals surface area contributed by atoms with Crippen molar-refractivity contribution in [2.24, 2.45) is 5.92 Å². The summed E-state index contributed by atoms with van der Waals surface area (Å²) >= 11 is 0. The standard InChI is InChI=1S/C18H26F2N3O6P/c1-4-6-12(7-5-2)15(24)21-14-8-9-23(17(25)22-14)16-18(19,20)10-13(29-16)11-28-30(26)27-3/h8-9,12-13,16H,4-7,10-11H2,1-3H3/p+1/t13-,16+/m0/s1. The van der Waals surface area contributed by atoms with Gasteiger partial charge in [-0.25, -0.2) is 13.6 Å². The van der Waals surface area contributed by atoms with E-state index in [4.69, 9.17) is 9.26 Å². The van der Waals surface area contributed by atoms with Crippen molar-refractivity contribution < 1.29 is 31.9 Å². The van der Waals surface area contributed by atoms with Gasteiger partial charge < -0.3 is 10.1 Å². The third-order valence-corrected chi connectivity index (χ3v) is 5.33. The fraction of sp³-hybridized carbons (Fsp3) is 0.722. The van der Waals surface area contributed by atoms with Crippen molar-refractivity contribution in [2.75, 3.05) is 19.0 Å². The average molecular weight is 450 g/mol. The Kier molecular flexibility index (Phi) is 8.96. The van der Waals surface area contributed by atoms with Gasteiger partial charge in [0.05, 0.1) is 13.2 Å². The Morgan fingerprint density at radius 1 is 1.43 bits per heavy atom. The van der Waals surface area contributed by atoms with Crippen molar-refractivity contribution in [2.45, 2.75) is 64.2 Å². The number of aromatic nitrogens is 2. The summed E-state index contributed by atoms with van der Waals surface area (Å²) in [5.41, 5.74) is -0.982. The van der Waals surface area contributed by atoms with E-state index in [0.29, 0.717) is 17.4 Å². The molecule has 12 heteroatoms. The van der Waals surface area contributed by atoms with Crippen molar-refractivity contribution in [1.82, 2.24) is 9.55 Å². The van der Waals surface area contributed by atoms with Crippen LogP contribution >= 0.6 is 8.25 Å². The molecule has 3 atom stereocenters. The second-order valence-corrected chi connectivity index (χ2v) is 8.11. The van der Waals surface area contributed by atoms with Gasteiger partial charge in [0.2, 0.25) is 12.1 Å². The monoisotopic (exact) mass is 450 g/mol. The molecule has 0 aliphatic carbocycles. The first-order chi connectivity index (χ1) is 14.2. The number of nitrogens with zero attached hydrogens (tertiary/aromatic N) is 2. The average Bonchev–Trinajstić information content (AvgIpc) is 3.00. The fourth-order valence-electron chi connectivity index (χ4n) is 3.29. The quantitative estimate of drug-likeness (QED) is 0.513. The Hall–Kier alpha value is -1.81. The number of rotatable bonds is 11. The number of carbonyl (C=O) groups is 1. The highest BCUT2D eigenvalue weighted by Gasteiger charge is 2.52. The van der Waals surface area contributed by atoms with E-state index in [1.807, 2.05) is 13.8 Å². The fourth-order valence-corrected chi connectivity index (χ4v) is 3.68. The topological polar surface area (TPSA) is 109 Å². The van der Waals surface area contributed by atoms with Crippen molar-refractivity contribution >= 4 is 20.0 Å². The maximum Gasteiger partial charge on any atom is 0.697 e.